The van der Waals surface area contributed by atoms with Crippen LogP contribution in [-0.4, -0.2) is 29.8 Å². The standard InChI is InChI=1S/C24H19BrClNO4/c25-20-10-9-14(11-21(20)26)12-22(23(28)29)27-24(30)31-13-19-17-7-3-1-5-15(17)16-6-2-4-8-18(16)19/h1-11,19,22H,12-13H2,(H,27,30)(H,28,29)/t22-/m0/s1. The van der Waals surface area contributed by atoms with E-state index in [-0.39, 0.29) is 18.9 Å². The summed E-state index contributed by atoms with van der Waals surface area (Å²) >= 11 is 9.38. The number of carbonyl (C=O) groups is 2. The van der Waals surface area contributed by atoms with Gasteiger partial charge in [0.1, 0.15) is 12.6 Å². The number of carboxylic acids is 1. The molecule has 158 valence electrons. The quantitative estimate of drug-likeness (QED) is 0.459. The van der Waals surface area contributed by atoms with Gasteiger partial charge >= 0.3 is 12.1 Å². The summed E-state index contributed by atoms with van der Waals surface area (Å²) in [4.78, 5) is 24.1. The third-order valence-corrected chi connectivity index (χ3v) is 6.59. The van der Waals surface area contributed by atoms with Crippen LogP contribution in [0.4, 0.5) is 4.79 Å². The SMILES string of the molecule is O=C(N[C@@H](Cc1ccc(Br)c(Cl)c1)C(=O)O)OCC1c2ccccc2-c2ccccc21. The van der Waals surface area contributed by atoms with Crippen molar-refractivity contribution in [1.29, 1.82) is 0 Å². The molecule has 2 N–H and O–H groups in total. The highest BCUT2D eigenvalue weighted by Gasteiger charge is 2.29. The normalized spacial score (nSPS) is 13.2. The van der Waals surface area contributed by atoms with Crippen molar-refractivity contribution < 1.29 is 19.4 Å². The second-order valence-corrected chi connectivity index (χ2v) is 8.57. The molecule has 0 radical (unpaired) electrons. The van der Waals surface area contributed by atoms with E-state index in [1.54, 1.807) is 18.2 Å². The Labute approximate surface area is 193 Å². The number of carboxylic acid groups (broad SMARTS) is 1. The topological polar surface area (TPSA) is 75.6 Å². The van der Waals surface area contributed by atoms with Crippen LogP contribution in [-0.2, 0) is 16.0 Å². The molecular formula is C24H19BrClNO4. The van der Waals surface area contributed by atoms with E-state index >= 15 is 0 Å². The fourth-order valence-corrected chi connectivity index (χ4v) is 4.33. The molecule has 0 unspecified atom stereocenters. The third-order valence-electron chi connectivity index (χ3n) is 5.36. The van der Waals surface area contributed by atoms with Gasteiger partial charge in [-0.1, -0.05) is 66.2 Å². The Bertz CT molecular complexity index is 1100. The van der Waals surface area contributed by atoms with Crippen molar-refractivity contribution in [3.05, 3.63) is 92.9 Å². The summed E-state index contributed by atoms with van der Waals surface area (Å²) in [6.45, 7) is 0.121. The van der Waals surface area contributed by atoms with Crippen LogP contribution < -0.4 is 5.32 Å². The van der Waals surface area contributed by atoms with Crippen LogP contribution in [0.3, 0.4) is 0 Å². The molecule has 0 saturated carbocycles. The molecular weight excluding hydrogens is 482 g/mol. The number of ether oxygens (including phenoxy) is 1. The van der Waals surface area contributed by atoms with E-state index in [2.05, 4.69) is 33.4 Å². The molecule has 0 aromatic heterocycles. The molecule has 3 aromatic carbocycles. The zero-order chi connectivity index (χ0) is 22.0. The first-order chi connectivity index (χ1) is 14.9. The molecule has 5 nitrogen and oxygen atoms in total. The van der Waals surface area contributed by atoms with Crippen LogP contribution in [0.15, 0.2) is 71.2 Å². The van der Waals surface area contributed by atoms with Crippen molar-refractivity contribution in [3.63, 3.8) is 0 Å². The number of nitrogens with one attached hydrogen (secondary N) is 1. The van der Waals surface area contributed by atoms with Gasteiger partial charge in [-0.25, -0.2) is 9.59 Å². The number of rotatable bonds is 6. The molecule has 1 amide bonds. The summed E-state index contributed by atoms with van der Waals surface area (Å²) in [6.07, 6.45) is -0.676. The van der Waals surface area contributed by atoms with Gasteiger partial charge in [0.25, 0.3) is 0 Å². The summed E-state index contributed by atoms with van der Waals surface area (Å²) in [5, 5.41) is 12.5. The summed E-state index contributed by atoms with van der Waals surface area (Å²) in [5.41, 5.74) is 5.14. The monoisotopic (exact) mass is 499 g/mol. The number of carbonyl (C=O) groups excluding carboxylic acids is 1. The molecule has 31 heavy (non-hydrogen) atoms. The average molecular weight is 501 g/mol. The minimum atomic E-state index is -1.15. The number of halogens is 2. The highest BCUT2D eigenvalue weighted by molar-refractivity contribution is 9.10. The number of hydrogen-bond acceptors (Lipinski definition) is 3. The lowest BCUT2D eigenvalue weighted by atomic mass is 9.98. The Morgan fingerprint density at radius 3 is 2.23 bits per heavy atom. The zero-order valence-electron chi connectivity index (χ0n) is 16.3. The van der Waals surface area contributed by atoms with Crippen molar-refractivity contribution in [2.24, 2.45) is 0 Å². The number of amides is 1. The molecule has 0 saturated heterocycles. The van der Waals surface area contributed by atoms with E-state index in [0.29, 0.717) is 15.1 Å². The zero-order valence-corrected chi connectivity index (χ0v) is 18.7. The Morgan fingerprint density at radius 1 is 1.03 bits per heavy atom. The van der Waals surface area contributed by atoms with E-state index in [9.17, 15) is 14.7 Å². The van der Waals surface area contributed by atoms with Gasteiger partial charge < -0.3 is 15.2 Å². The van der Waals surface area contributed by atoms with Crippen molar-refractivity contribution >= 4 is 39.6 Å². The molecule has 1 aliphatic rings. The number of benzene rings is 3. The van der Waals surface area contributed by atoms with E-state index in [1.165, 1.54) is 0 Å². The van der Waals surface area contributed by atoms with Crippen molar-refractivity contribution in [1.82, 2.24) is 5.32 Å². The number of alkyl carbamates (subject to hydrolysis) is 1. The maximum Gasteiger partial charge on any atom is 0.407 e. The van der Waals surface area contributed by atoms with Crippen LogP contribution in [0.5, 0.6) is 0 Å². The molecule has 1 aliphatic carbocycles. The van der Waals surface area contributed by atoms with Crippen LogP contribution in [0.2, 0.25) is 5.02 Å². The van der Waals surface area contributed by atoms with Gasteiger partial charge in [0.05, 0.1) is 5.02 Å². The lowest BCUT2D eigenvalue weighted by Crippen LogP contribution is -2.42. The Balaban J connectivity index is 1.43. The lowest BCUT2D eigenvalue weighted by Gasteiger charge is -2.17. The molecule has 0 aliphatic heterocycles. The maximum atomic E-state index is 12.4. The van der Waals surface area contributed by atoms with Gasteiger partial charge in [0.2, 0.25) is 0 Å². The molecule has 0 spiro atoms. The predicted octanol–water partition coefficient (Wildman–Crippen LogP) is 5.64. The predicted molar refractivity (Wildman–Crippen MR) is 122 cm³/mol. The van der Waals surface area contributed by atoms with Crippen molar-refractivity contribution in [3.8, 4) is 11.1 Å². The van der Waals surface area contributed by atoms with E-state index in [4.69, 9.17) is 16.3 Å². The number of hydrogen-bond donors (Lipinski definition) is 2. The van der Waals surface area contributed by atoms with Crippen LogP contribution in [0.25, 0.3) is 11.1 Å². The molecule has 0 fully saturated rings. The van der Waals surface area contributed by atoms with Gasteiger partial charge in [-0.05, 0) is 55.9 Å². The molecule has 4 rings (SSSR count). The van der Waals surface area contributed by atoms with E-state index < -0.39 is 18.1 Å². The minimum Gasteiger partial charge on any atom is -0.480 e. The number of fused-ring (bicyclic) bond motifs is 3. The van der Waals surface area contributed by atoms with E-state index in [0.717, 1.165) is 22.3 Å². The van der Waals surface area contributed by atoms with Gasteiger partial charge in [-0.15, -0.1) is 0 Å². The van der Waals surface area contributed by atoms with Crippen LogP contribution in [0, 0.1) is 0 Å². The molecule has 0 bridgehead atoms. The Morgan fingerprint density at radius 2 is 1.65 bits per heavy atom. The summed E-state index contributed by atoms with van der Waals surface area (Å²) in [7, 11) is 0. The van der Waals surface area contributed by atoms with Crippen molar-refractivity contribution in [2.45, 2.75) is 18.4 Å². The maximum absolute atomic E-state index is 12.4. The van der Waals surface area contributed by atoms with Crippen LogP contribution in [0.1, 0.15) is 22.6 Å². The lowest BCUT2D eigenvalue weighted by molar-refractivity contribution is -0.139. The van der Waals surface area contributed by atoms with Crippen molar-refractivity contribution in [2.75, 3.05) is 6.61 Å². The summed E-state index contributed by atoms with van der Waals surface area (Å²) in [5.74, 6) is -1.24. The summed E-state index contributed by atoms with van der Waals surface area (Å²) < 4.78 is 6.17. The second-order valence-electron chi connectivity index (χ2n) is 7.31. The largest absolute Gasteiger partial charge is 0.480 e. The highest BCUT2D eigenvalue weighted by atomic mass is 79.9. The summed E-state index contributed by atoms with van der Waals surface area (Å²) in [6, 6.07) is 20.1. The fourth-order valence-electron chi connectivity index (χ4n) is 3.88. The minimum absolute atomic E-state index is 0.0898. The third kappa shape index (κ3) is 4.60. The molecule has 7 heteroatoms. The van der Waals surface area contributed by atoms with E-state index in [1.807, 2.05) is 36.4 Å². The Hall–Kier alpha value is -2.83. The fraction of sp³-hybridized carbons (Fsp3) is 0.167. The van der Waals surface area contributed by atoms with Gasteiger partial charge in [-0.2, -0.15) is 0 Å². The molecule has 1 atom stereocenters. The molecule has 0 heterocycles. The Kier molecular flexibility index (Phi) is 6.30. The van der Waals surface area contributed by atoms with Crippen LogP contribution >= 0.6 is 27.5 Å². The first kappa shape index (κ1) is 21.4. The number of aliphatic carboxylic acids is 1. The first-order valence-electron chi connectivity index (χ1n) is 9.72. The smallest absolute Gasteiger partial charge is 0.407 e. The second kappa shape index (κ2) is 9.12. The highest BCUT2D eigenvalue weighted by Crippen LogP contribution is 2.44. The van der Waals surface area contributed by atoms with Gasteiger partial charge in [0.15, 0.2) is 0 Å². The first-order valence-corrected chi connectivity index (χ1v) is 10.9. The van der Waals surface area contributed by atoms with Gasteiger partial charge in [0, 0.05) is 16.8 Å². The molecule has 3 aromatic rings. The van der Waals surface area contributed by atoms with Gasteiger partial charge in [-0.3, -0.25) is 0 Å². The average Bonchev–Trinajstić information content (AvgIpc) is 3.08.